The lowest BCUT2D eigenvalue weighted by molar-refractivity contribution is 0.0365. The van der Waals surface area contributed by atoms with E-state index >= 15 is 0 Å². The van der Waals surface area contributed by atoms with Crippen molar-refractivity contribution in [3.8, 4) is 0 Å². The number of halogens is 2. The van der Waals surface area contributed by atoms with Gasteiger partial charge in [-0.3, -0.25) is 4.90 Å². The van der Waals surface area contributed by atoms with Crippen molar-refractivity contribution in [2.75, 3.05) is 39.4 Å². The highest BCUT2D eigenvalue weighted by molar-refractivity contribution is 5.85. The van der Waals surface area contributed by atoms with E-state index in [1.165, 1.54) is 36.1 Å². The number of hydrogen-bond acceptors (Lipinski definition) is 3. The summed E-state index contributed by atoms with van der Waals surface area (Å²) >= 11 is 0. The predicted octanol–water partition coefficient (Wildman–Crippen LogP) is 4.03. The minimum atomic E-state index is 0. The highest BCUT2D eigenvalue weighted by Gasteiger charge is 2.37. The molecule has 3 nitrogen and oxygen atoms in total. The maximum Gasteiger partial charge on any atom is 0.0594 e. The van der Waals surface area contributed by atoms with Gasteiger partial charge < -0.3 is 10.1 Å². The molecule has 2 aromatic carbocycles. The first-order valence-electron chi connectivity index (χ1n) is 9.53. The van der Waals surface area contributed by atoms with E-state index in [2.05, 4.69) is 64.8 Å². The quantitative estimate of drug-likeness (QED) is 0.807. The molecule has 2 aliphatic rings. The smallest absolute Gasteiger partial charge is 0.0594 e. The van der Waals surface area contributed by atoms with E-state index < -0.39 is 0 Å². The highest BCUT2D eigenvalue weighted by Crippen LogP contribution is 2.40. The van der Waals surface area contributed by atoms with E-state index in [9.17, 15) is 0 Å². The molecule has 4 rings (SSSR count). The van der Waals surface area contributed by atoms with Crippen molar-refractivity contribution in [1.82, 2.24) is 10.2 Å². The first kappa shape index (κ1) is 22.2. The molecule has 1 fully saturated rings. The zero-order chi connectivity index (χ0) is 17.0. The fourth-order valence-electron chi connectivity index (χ4n) is 4.46. The Morgan fingerprint density at radius 2 is 1.63 bits per heavy atom. The SMILES string of the molecule is Cl.Cl.c1ccc(C2(CCCN3CCOCC3)CNCc3ccccc32)cc1. The Hall–Kier alpha value is -1.10. The summed E-state index contributed by atoms with van der Waals surface area (Å²) in [6.45, 7) is 7.09. The minimum Gasteiger partial charge on any atom is -0.379 e. The number of rotatable bonds is 5. The highest BCUT2D eigenvalue weighted by atomic mass is 35.5. The molecule has 5 heteroatoms. The first-order chi connectivity index (χ1) is 12.4. The number of benzene rings is 2. The fraction of sp³-hybridized carbons (Fsp3) is 0.455. The van der Waals surface area contributed by atoms with Crippen LogP contribution in [0.15, 0.2) is 54.6 Å². The van der Waals surface area contributed by atoms with Crippen LogP contribution >= 0.6 is 24.8 Å². The lowest BCUT2D eigenvalue weighted by Gasteiger charge is -2.41. The van der Waals surface area contributed by atoms with Crippen LogP contribution in [0.25, 0.3) is 0 Å². The van der Waals surface area contributed by atoms with Crippen LogP contribution in [0.2, 0.25) is 0 Å². The van der Waals surface area contributed by atoms with E-state index in [0.29, 0.717) is 0 Å². The molecule has 1 N–H and O–H groups in total. The van der Waals surface area contributed by atoms with Gasteiger partial charge in [0, 0.05) is 31.6 Å². The molecule has 0 bridgehead atoms. The monoisotopic (exact) mass is 408 g/mol. The number of nitrogens with zero attached hydrogens (tertiary/aromatic N) is 1. The third kappa shape index (κ3) is 4.85. The molecule has 0 amide bonds. The number of hydrogen-bond donors (Lipinski definition) is 1. The van der Waals surface area contributed by atoms with Gasteiger partial charge in [-0.05, 0) is 36.1 Å². The molecule has 1 saturated heterocycles. The Balaban J connectivity index is 0.00000131. The minimum absolute atomic E-state index is 0. The van der Waals surface area contributed by atoms with Crippen LogP contribution in [0.3, 0.4) is 0 Å². The van der Waals surface area contributed by atoms with Crippen molar-refractivity contribution in [3.63, 3.8) is 0 Å². The van der Waals surface area contributed by atoms with Crippen LogP contribution in [0.4, 0.5) is 0 Å². The van der Waals surface area contributed by atoms with Gasteiger partial charge in [0.25, 0.3) is 0 Å². The van der Waals surface area contributed by atoms with Crippen molar-refractivity contribution in [3.05, 3.63) is 71.3 Å². The van der Waals surface area contributed by atoms with E-state index in [-0.39, 0.29) is 30.2 Å². The number of ether oxygens (including phenoxy) is 1. The molecular weight excluding hydrogens is 379 g/mol. The summed E-state index contributed by atoms with van der Waals surface area (Å²) in [5.74, 6) is 0. The Bertz CT molecular complexity index is 692. The molecular formula is C22H30Cl2N2O. The molecule has 2 aromatic rings. The summed E-state index contributed by atoms with van der Waals surface area (Å²) in [7, 11) is 0. The second kappa shape index (κ2) is 10.4. The molecule has 0 radical (unpaired) electrons. The second-order valence-corrected chi connectivity index (χ2v) is 7.27. The maximum atomic E-state index is 5.48. The van der Waals surface area contributed by atoms with Gasteiger partial charge in [0.15, 0.2) is 0 Å². The average Bonchev–Trinajstić information content (AvgIpc) is 2.70. The van der Waals surface area contributed by atoms with E-state index in [4.69, 9.17) is 4.74 Å². The molecule has 0 aliphatic carbocycles. The number of nitrogens with one attached hydrogen (secondary N) is 1. The van der Waals surface area contributed by atoms with Crippen molar-refractivity contribution < 1.29 is 4.74 Å². The Labute approximate surface area is 175 Å². The summed E-state index contributed by atoms with van der Waals surface area (Å²) < 4.78 is 5.48. The topological polar surface area (TPSA) is 24.5 Å². The normalized spacial score (nSPS) is 22.2. The Morgan fingerprint density at radius 1 is 0.926 bits per heavy atom. The van der Waals surface area contributed by atoms with Gasteiger partial charge in [0.1, 0.15) is 0 Å². The molecule has 1 atom stereocenters. The van der Waals surface area contributed by atoms with Crippen molar-refractivity contribution in [2.45, 2.75) is 24.8 Å². The molecule has 27 heavy (non-hydrogen) atoms. The van der Waals surface area contributed by atoms with Crippen LogP contribution in [0, 0.1) is 0 Å². The fourth-order valence-corrected chi connectivity index (χ4v) is 4.46. The zero-order valence-corrected chi connectivity index (χ0v) is 17.4. The van der Waals surface area contributed by atoms with Gasteiger partial charge in [-0.2, -0.15) is 0 Å². The zero-order valence-electron chi connectivity index (χ0n) is 15.7. The van der Waals surface area contributed by atoms with Crippen LogP contribution in [-0.4, -0.2) is 44.3 Å². The molecule has 0 saturated carbocycles. The number of morpholine rings is 1. The maximum absolute atomic E-state index is 5.48. The molecule has 2 aliphatic heterocycles. The summed E-state index contributed by atoms with van der Waals surface area (Å²) in [5, 5.41) is 3.69. The molecule has 1 unspecified atom stereocenters. The Kier molecular flexibility index (Phi) is 8.59. The molecule has 0 aromatic heterocycles. The van der Waals surface area contributed by atoms with Gasteiger partial charge in [-0.25, -0.2) is 0 Å². The van der Waals surface area contributed by atoms with Crippen LogP contribution < -0.4 is 5.32 Å². The second-order valence-electron chi connectivity index (χ2n) is 7.27. The van der Waals surface area contributed by atoms with Gasteiger partial charge >= 0.3 is 0 Å². The van der Waals surface area contributed by atoms with Crippen LogP contribution in [-0.2, 0) is 16.7 Å². The lowest BCUT2D eigenvalue weighted by atomic mass is 9.68. The van der Waals surface area contributed by atoms with Crippen molar-refractivity contribution >= 4 is 24.8 Å². The van der Waals surface area contributed by atoms with Crippen LogP contribution in [0.5, 0.6) is 0 Å². The summed E-state index contributed by atoms with van der Waals surface area (Å²) in [4.78, 5) is 2.55. The van der Waals surface area contributed by atoms with E-state index in [0.717, 1.165) is 39.4 Å². The molecule has 148 valence electrons. The molecule has 2 heterocycles. The third-order valence-corrected chi connectivity index (χ3v) is 5.78. The first-order valence-corrected chi connectivity index (χ1v) is 9.53. The number of fused-ring (bicyclic) bond motifs is 1. The van der Waals surface area contributed by atoms with E-state index in [1.54, 1.807) is 0 Å². The Morgan fingerprint density at radius 3 is 2.41 bits per heavy atom. The summed E-state index contributed by atoms with van der Waals surface area (Å²) in [6.07, 6.45) is 2.39. The standard InChI is InChI=1S/C22H28N2O.2ClH/c1-2-8-20(9-3-1)22(11-6-12-24-13-15-25-16-14-24)18-23-17-19-7-4-5-10-21(19)22;;/h1-5,7-10,23H,6,11-18H2;2*1H. The predicted molar refractivity (Wildman–Crippen MR) is 116 cm³/mol. The third-order valence-electron chi connectivity index (χ3n) is 5.78. The van der Waals surface area contributed by atoms with Crippen molar-refractivity contribution in [2.24, 2.45) is 0 Å². The van der Waals surface area contributed by atoms with Gasteiger partial charge in [-0.15, -0.1) is 24.8 Å². The van der Waals surface area contributed by atoms with Gasteiger partial charge in [0.2, 0.25) is 0 Å². The van der Waals surface area contributed by atoms with Crippen molar-refractivity contribution in [1.29, 1.82) is 0 Å². The summed E-state index contributed by atoms with van der Waals surface area (Å²) in [6, 6.07) is 20.1. The van der Waals surface area contributed by atoms with E-state index in [1.807, 2.05) is 0 Å². The summed E-state index contributed by atoms with van der Waals surface area (Å²) in [5.41, 5.74) is 4.49. The van der Waals surface area contributed by atoms with Gasteiger partial charge in [-0.1, -0.05) is 54.6 Å². The van der Waals surface area contributed by atoms with Gasteiger partial charge in [0.05, 0.1) is 13.2 Å². The van der Waals surface area contributed by atoms with Crippen LogP contribution in [0.1, 0.15) is 29.5 Å². The molecule has 0 spiro atoms. The lowest BCUT2D eigenvalue weighted by Crippen LogP contribution is -2.45. The largest absolute Gasteiger partial charge is 0.379 e. The average molecular weight is 409 g/mol.